The quantitative estimate of drug-likeness (QED) is 0.367. The van der Waals surface area contributed by atoms with Gasteiger partial charge in [-0.2, -0.15) is 10.1 Å². The molecule has 34 heavy (non-hydrogen) atoms. The van der Waals surface area contributed by atoms with E-state index in [1.54, 1.807) is 12.4 Å². The second-order valence-corrected chi connectivity index (χ2v) is 8.78. The molecule has 4 aromatic rings. The van der Waals surface area contributed by atoms with Gasteiger partial charge in [0.1, 0.15) is 5.82 Å². The van der Waals surface area contributed by atoms with E-state index in [1.165, 1.54) is 32.4 Å². The predicted octanol–water partition coefficient (Wildman–Crippen LogP) is 4.57. The summed E-state index contributed by atoms with van der Waals surface area (Å²) in [5.41, 5.74) is 3.37. The molecule has 0 atom stereocenters. The smallest absolute Gasteiger partial charge is 0.224 e. The van der Waals surface area contributed by atoms with Crippen LogP contribution in [0.1, 0.15) is 30.7 Å². The van der Waals surface area contributed by atoms with E-state index in [2.05, 4.69) is 41.4 Å². The van der Waals surface area contributed by atoms with Crippen molar-refractivity contribution in [3.8, 4) is 11.4 Å². The lowest BCUT2D eigenvalue weighted by Crippen LogP contribution is -2.33. The fourth-order valence-corrected chi connectivity index (χ4v) is 4.41. The number of anilines is 1. The molecule has 1 saturated heterocycles. The molecule has 0 spiro atoms. The highest BCUT2D eigenvalue weighted by molar-refractivity contribution is 6.30. The van der Waals surface area contributed by atoms with Gasteiger partial charge in [0.05, 0.1) is 16.8 Å². The summed E-state index contributed by atoms with van der Waals surface area (Å²) in [5.74, 6) is 1.37. The minimum atomic E-state index is 0. The van der Waals surface area contributed by atoms with E-state index < -0.39 is 0 Å². The monoisotopic (exact) mass is 498 g/mol. The summed E-state index contributed by atoms with van der Waals surface area (Å²) < 4.78 is 0. The van der Waals surface area contributed by atoms with Gasteiger partial charge in [-0.15, -0.1) is 12.4 Å². The summed E-state index contributed by atoms with van der Waals surface area (Å²) in [4.78, 5) is 20.7. The Labute approximate surface area is 210 Å². The van der Waals surface area contributed by atoms with Crippen LogP contribution in [0.5, 0.6) is 0 Å². The molecule has 0 saturated carbocycles. The summed E-state index contributed by atoms with van der Waals surface area (Å²) >= 11 is 6.09. The van der Waals surface area contributed by atoms with Crippen molar-refractivity contribution in [1.82, 2.24) is 35.0 Å². The third kappa shape index (κ3) is 6.00. The van der Waals surface area contributed by atoms with Crippen molar-refractivity contribution in [2.45, 2.75) is 32.1 Å². The van der Waals surface area contributed by atoms with Crippen LogP contribution in [-0.4, -0.2) is 61.2 Å². The molecule has 0 amide bonds. The maximum absolute atomic E-state index is 6.09. The van der Waals surface area contributed by atoms with E-state index in [9.17, 15) is 0 Å². The fourth-order valence-electron chi connectivity index (χ4n) is 4.20. The SMILES string of the molecule is Cl.Clc1cccc(CCc2nccc(-c3[nH]nc4nc(NCCN5CCCCC5)ncc34)n2)c1. The van der Waals surface area contributed by atoms with Crippen LogP contribution in [0.3, 0.4) is 0 Å². The number of H-pyrrole nitrogens is 1. The average molecular weight is 499 g/mol. The predicted molar refractivity (Wildman–Crippen MR) is 138 cm³/mol. The lowest BCUT2D eigenvalue weighted by atomic mass is 10.1. The second-order valence-electron chi connectivity index (χ2n) is 8.35. The summed E-state index contributed by atoms with van der Waals surface area (Å²) in [6, 6.07) is 9.75. The van der Waals surface area contributed by atoms with Crippen LogP contribution in [0.4, 0.5) is 5.95 Å². The number of aromatic amines is 1. The molecule has 1 aromatic carbocycles. The number of benzene rings is 1. The molecule has 178 valence electrons. The topological polar surface area (TPSA) is 95.5 Å². The third-order valence-electron chi connectivity index (χ3n) is 5.96. The van der Waals surface area contributed by atoms with Gasteiger partial charge in [0.25, 0.3) is 0 Å². The Hall–Kier alpha value is -2.81. The lowest BCUT2D eigenvalue weighted by molar-refractivity contribution is 0.237. The normalized spacial score (nSPS) is 14.1. The van der Waals surface area contributed by atoms with Gasteiger partial charge in [-0.3, -0.25) is 5.10 Å². The number of hydrogen-bond acceptors (Lipinski definition) is 7. The number of halogens is 2. The van der Waals surface area contributed by atoms with Crippen LogP contribution >= 0.6 is 24.0 Å². The molecule has 3 aromatic heterocycles. The Morgan fingerprint density at radius 2 is 1.91 bits per heavy atom. The van der Waals surface area contributed by atoms with Gasteiger partial charge in [0.15, 0.2) is 5.65 Å². The van der Waals surface area contributed by atoms with Crippen LogP contribution < -0.4 is 5.32 Å². The van der Waals surface area contributed by atoms with Crippen molar-refractivity contribution in [3.05, 3.63) is 59.1 Å². The van der Waals surface area contributed by atoms with Crippen molar-refractivity contribution in [1.29, 1.82) is 0 Å². The van der Waals surface area contributed by atoms with E-state index in [0.717, 1.165) is 59.1 Å². The van der Waals surface area contributed by atoms with Gasteiger partial charge >= 0.3 is 0 Å². The maximum atomic E-state index is 6.09. The van der Waals surface area contributed by atoms with E-state index in [1.807, 2.05) is 24.3 Å². The highest BCUT2D eigenvalue weighted by Gasteiger charge is 2.13. The molecule has 0 aliphatic carbocycles. The third-order valence-corrected chi connectivity index (χ3v) is 6.19. The maximum Gasteiger partial charge on any atom is 0.224 e. The Kier molecular flexibility index (Phi) is 8.26. The molecule has 0 radical (unpaired) electrons. The molecule has 8 nitrogen and oxygen atoms in total. The van der Waals surface area contributed by atoms with Gasteiger partial charge in [0, 0.05) is 36.9 Å². The van der Waals surface area contributed by atoms with Gasteiger partial charge in [-0.25, -0.2) is 15.0 Å². The first kappa shape index (κ1) is 24.3. The van der Waals surface area contributed by atoms with Gasteiger partial charge in [0.2, 0.25) is 5.95 Å². The number of rotatable bonds is 8. The highest BCUT2D eigenvalue weighted by Crippen LogP contribution is 2.24. The number of piperidine rings is 1. The molecule has 2 N–H and O–H groups in total. The highest BCUT2D eigenvalue weighted by atomic mass is 35.5. The molecule has 5 rings (SSSR count). The minimum absolute atomic E-state index is 0. The number of likely N-dealkylation sites (tertiary alicyclic amines) is 1. The molecule has 0 bridgehead atoms. The molecular weight excluding hydrogens is 471 g/mol. The summed E-state index contributed by atoms with van der Waals surface area (Å²) in [7, 11) is 0. The van der Waals surface area contributed by atoms with E-state index in [-0.39, 0.29) is 12.4 Å². The molecule has 4 heterocycles. The average Bonchev–Trinajstić information content (AvgIpc) is 3.27. The van der Waals surface area contributed by atoms with E-state index in [4.69, 9.17) is 16.6 Å². The first-order valence-electron chi connectivity index (χ1n) is 11.5. The van der Waals surface area contributed by atoms with Crippen molar-refractivity contribution < 1.29 is 0 Å². The fraction of sp³-hybridized carbons (Fsp3) is 0.375. The zero-order chi connectivity index (χ0) is 22.5. The second kappa shape index (κ2) is 11.6. The molecule has 10 heteroatoms. The van der Waals surface area contributed by atoms with Crippen molar-refractivity contribution >= 4 is 41.0 Å². The lowest BCUT2D eigenvalue weighted by Gasteiger charge is -2.26. The van der Waals surface area contributed by atoms with Crippen LogP contribution in [0.2, 0.25) is 5.02 Å². The number of fused-ring (bicyclic) bond motifs is 1. The molecular formula is C24H28Cl2N8. The van der Waals surface area contributed by atoms with Gasteiger partial charge in [-0.05, 0) is 56.1 Å². The van der Waals surface area contributed by atoms with E-state index >= 15 is 0 Å². The van der Waals surface area contributed by atoms with Crippen molar-refractivity contribution in [3.63, 3.8) is 0 Å². The molecule has 0 unspecified atom stereocenters. The van der Waals surface area contributed by atoms with Crippen LogP contribution in [0.15, 0.2) is 42.7 Å². The Morgan fingerprint density at radius 3 is 2.76 bits per heavy atom. The molecule has 1 aliphatic rings. The van der Waals surface area contributed by atoms with Crippen LogP contribution in [0, 0.1) is 0 Å². The van der Waals surface area contributed by atoms with E-state index in [0.29, 0.717) is 11.6 Å². The zero-order valence-electron chi connectivity index (χ0n) is 18.9. The molecule has 1 fully saturated rings. The standard InChI is InChI=1S/C24H27ClN8.ClH/c25-18-6-4-5-17(15-18)7-8-21-26-10-9-20(29-21)22-19-16-28-24(30-23(19)32-31-22)27-11-14-33-12-2-1-3-13-33;/h4-6,9-10,15-16H,1-3,7-8,11-14H2,(H2,27,28,30,31,32);1H. The number of aromatic nitrogens is 6. The Bertz CT molecular complexity index is 1220. The Balaban J connectivity index is 0.00000274. The van der Waals surface area contributed by atoms with Crippen LogP contribution in [0.25, 0.3) is 22.4 Å². The number of nitrogens with one attached hydrogen (secondary N) is 2. The largest absolute Gasteiger partial charge is 0.353 e. The number of nitrogens with zero attached hydrogens (tertiary/aromatic N) is 6. The summed E-state index contributed by atoms with van der Waals surface area (Å²) in [6.07, 6.45) is 9.07. The first-order chi connectivity index (χ1) is 16.2. The molecule has 1 aliphatic heterocycles. The van der Waals surface area contributed by atoms with Gasteiger partial charge < -0.3 is 10.2 Å². The summed E-state index contributed by atoms with van der Waals surface area (Å²) in [6.45, 7) is 4.20. The summed E-state index contributed by atoms with van der Waals surface area (Å²) in [5, 5.41) is 12.4. The van der Waals surface area contributed by atoms with Crippen molar-refractivity contribution in [2.75, 3.05) is 31.5 Å². The Morgan fingerprint density at radius 1 is 1.03 bits per heavy atom. The van der Waals surface area contributed by atoms with Gasteiger partial charge in [-0.1, -0.05) is 30.2 Å². The number of aryl methyl sites for hydroxylation is 2. The number of hydrogen-bond donors (Lipinski definition) is 2. The van der Waals surface area contributed by atoms with Crippen molar-refractivity contribution in [2.24, 2.45) is 0 Å². The zero-order valence-corrected chi connectivity index (χ0v) is 20.4. The minimum Gasteiger partial charge on any atom is -0.353 e. The first-order valence-corrected chi connectivity index (χ1v) is 11.9. The van der Waals surface area contributed by atoms with Crippen LogP contribution in [-0.2, 0) is 12.8 Å².